The molecule has 0 spiro atoms. The van der Waals surface area contributed by atoms with E-state index < -0.39 is 11.5 Å². The van der Waals surface area contributed by atoms with E-state index in [2.05, 4.69) is 37.6 Å². The van der Waals surface area contributed by atoms with E-state index in [0.29, 0.717) is 35.0 Å². The third-order valence-corrected chi connectivity index (χ3v) is 11.4. The average molecular weight is 520 g/mol. The van der Waals surface area contributed by atoms with Gasteiger partial charge in [-0.2, -0.15) is 0 Å². The molecule has 0 radical (unpaired) electrons. The lowest BCUT2D eigenvalue weighted by atomic mass is 9.60. The number of piperidine rings is 2. The molecule has 1 N–H and O–H groups in total. The first-order valence-electron chi connectivity index (χ1n) is 15.2. The van der Waals surface area contributed by atoms with Gasteiger partial charge in [-0.15, -0.1) is 0 Å². The van der Waals surface area contributed by atoms with Crippen molar-refractivity contribution in [3.05, 3.63) is 40.3 Å². The Morgan fingerprint density at radius 1 is 0.974 bits per heavy atom. The Morgan fingerprint density at radius 2 is 1.76 bits per heavy atom. The molecule has 8 unspecified atom stereocenters. The zero-order valence-corrected chi connectivity index (χ0v) is 23.6. The Bertz CT molecular complexity index is 1270. The molecule has 2 saturated heterocycles. The lowest BCUT2D eigenvalue weighted by Gasteiger charge is -2.57. The molecule has 0 amide bonds. The van der Waals surface area contributed by atoms with Gasteiger partial charge in [0, 0.05) is 24.2 Å². The number of carbonyl (C=O) groups is 1. The number of nitrogens with zero attached hydrogens (tertiary/aromatic N) is 3. The van der Waals surface area contributed by atoms with Gasteiger partial charge >= 0.3 is 5.97 Å². The predicted octanol–water partition coefficient (Wildman–Crippen LogP) is 6.53. The minimum Gasteiger partial charge on any atom is -0.476 e. The highest BCUT2D eigenvalue weighted by molar-refractivity contribution is 5.88. The molecule has 1 aromatic carbocycles. The van der Waals surface area contributed by atoms with Gasteiger partial charge in [0.05, 0.1) is 11.0 Å². The molecular formula is C32H45N3O3. The Morgan fingerprint density at radius 3 is 2.55 bits per heavy atom. The fourth-order valence-electron chi connectivity index (χ4n) is 9.27. The molecule has 6 heteroatoms. The van der Waals surface area contributed by atoms with Crippen LogP contribution in [-0.4, -0.2) is 43.7 Å². The van der Waals surface area contributed by atoms with E-state index in [4.69, 9.17) is 0 Å². The van der Waals surface area contributed by atoms with Gasteiger partial charge in [-0.05, 0) is 86.2 Å². The van der Waals surface area contributed by atoms with Crippen LogP contribution in [0.5, 0.6) is 0 Å². The average Bonchev–Trinajstić information content (AvgIpc) is 2.86. The van der Waals surface area contributed by atoms with Gasteiger partial charge < -0.3 is 9.67 Å². The lowest BCUT2D eigenvalue weighted by Crippen LogP contribution is -2.61. The summed E-state index contributed by atoms with van der Waals surface area (Å²) in [5.74, 6) is 1.68. The lowest BCUT2D eigenvalue weighted by molar-refractivity contribution is -0.0737. The van der Waals surface area contributed by atoms with Crippen molar-refractivity contribution in [3.8, 4) is 0 Å². The molecule has 1 aromatic heterocycles. The summed E-state index contributed by atoms with van der Waals surface area (Å²) in [6.45, 7) is 9.94. The first kappa shape index (κ1) is 26.0. The van der Waals surface area contributed by atoms with Crippen LogP contribution in [-0.2, 0) is 0 Å². The van der Waals surface area contributed by atoms with E-state index in [-0.39, 0.29) is 11.7 Å². The number of hydrogen-bond donors (Lipinski definition) is 1. The second kappa shape index (κ2) is 9.76. The third-order valence-electron chi connectivity index (χ3n) is 11.4. The maximum Gasteiger partial charge on any atom is 0.360 e. The largest absolute Gasteiger partial charge is 0.476 e. The van der Waals surface area contributed by atoms with Gasteiger partial charge in [0.25, 0.3) is 5.56 Å². The number of para-hydroxylation sites is 2. The van der Waals surface area contributed by atoms with Crippen molar-refractivity contribution in [1.29, 1.82) is 0 Å². The molecule has 5 fully saturated rings. The fourth-order valence-corrected chi connectivity index (χ4v) is 9.27. The molecule has 2 aliphatic heterocycles. The number of hydrogen-bond acceptors (Lipinski definition) is 4. The number of aromatic carboxylic acids is 1. The molecule has 206 valence electrons. The molecule has 5 aliphatic rings. The van der Waals surface area contributed by atoms with Crippen molar-refractivity contribution in [2.45, 2.75) is 116 Å². The summed E-state index contributed by atoms with van der Waals surface area (Å²) in [5.41, 5.74) is 0.978. The van der Waals surface area contributed by atoms with Crippen molar-refractivity contribution in [3.63, 3.8) is 0 Å². The molecule has 3 saturated carbocycles. The van der Waals surface area contributed by atoms with Gasteiger partial charge in [-0.1, -0.05) is 59.1 Å². The third kappa shape index (κ3) is 4.41. The normalized spacial score (nSPS) is 37.4. The fraction of sp³-hybridized carbons (Fsp3) is 0.719. The minimum atomic E-state index is -1.24. The number of rotatable bonds is 3. The van der Waals surface area contributed by atoms with E-state index in [0.717, 1.165) is 36.1 Å². The summed E-state index contributed by atoms with van der Waals surface area (Å²) >= 11 is 0. The number of benzene rings is 1. The van der Waals surface area contributed by atoms with E-state index >= 15 is 0 Å². The number of fused-ring (bicyclic) bond motifs is 10. The van der Waals surface area contributed by atoms with Gasteiger partial charge in [0.1, 0.15) is 0 Å². The molecule has 7 rings (SSSR count). The molecule has 38 heavy (non-hydrogen) atoms. The molecule has 3 heterocycles. The van der Waals surface area contributed by atoms with Crippen LogP contribution in [0.2, 0.25) is 0 Å². The summed E-state index contributed by atoms with van der Waals surface area (Å²) in [6, 6.07) is 9.07. The van der Waals surface area contributed by atoms with Crippen LogP contribution in [0.25, 0.3) is 11.0 Å². The van der Waals surface area contributed by atoms with Crippen LogP contribution in [0, 0.1) is 29.1 Å². The van der Waals surface area contributed by atoms with Crippen LogP contribution in [0.3, 0.4) is 0 Å². The maximum absolute atomic E-state index is 13.5. The summed E-state index contributed by atoms with van der Waals surface area (Å²) in [7, 11) is 0. The van der Waals surface area contributed by atoms with Crippen LogP contribution in [0.4, 0.5) is 0 Å². The first-order chi connectivity index (χ1) is 18.1. The van der Waals surface area contributed by atoms with Crippen molar-refractivity contribution in [2.24, 2.45) is 29.1 Å². The number of aromatic nitrogens is 2. The SMILES string of the molecule is CC1CCC2CC(n3c(=O)c(C(=O)O)nc4ccccc43)CC1N2C1CC2CCCC(C1)C(C)C(C)(C)C2. The highest BCUT2D eigenvalue weighted by Crippen LogP contribution is 2.51. The first-order valence-corrected chi connectivity index (χ1v) is 15.2. The Labute approximate surface area is 226 Å². The topological polar surface area (TPSA) is 75.4 Å². The van der Waals surface area contributed by atoms with Crippen LogP contribution < -0.4 is 5.56 Å². The summed E-state index contributed by atoms with van der Waals surface area (Å²) in [6.07, 6.45) is 12.4. The van der Waals surface area contributed by atoms with Crippen LogP contribution in [0.1, 0.15) is 108 Å². The maximum atomic E-state index is 13.5. The standard InChI is InChI=1S/C32H45N3O3/c1-19-12-13-23-16-25(35-27-11-6-5-10-26(27)33-29(30(35)36)31(37)38)17-28(19)34(23)24-14-21-8-7-9-22(15-24)20(2)32(3,4)18-21/h5-6,10-11,19-25,28H,7-9,12-18H2,1-4H3,(H,37,38). The molecule has 2 aromatic rings. The molecule has 3 aliphatic carbocycles. The van der Waals surface area contributed by atoms with Crippen molar-refractivity contribution in [2.75, 3.05) is 0 Å². The van der Waals surface area contributed by atoms with Crippen molar-refractivity contribution in [1.82, 2.24) is 14.5 Å². The summed E-state index contributed by atoms with van der Waals surface area (Å²) in [4.78, 5) is 32.6. The van der Waals surface area contributed by atoms with E-state index in [9.17, 15) is 14.7 Å². The zero-order valence-electron chi connectivity index (χ0n) is 23.6. The second-order valence-electron chi connectivity index (χ2n) is 13.9. The summed E-state index contributed by atoms with van der Waals surface area (Å²) in [5, 5.41) is 9.77. The molecule has 8 atom stereocenters. The number of carboxylic acids is 1. The van der Waals surface area contributed by atoms with Crippen LogP contribution >= 0.6 is 0 Å². The molecule has 4 bridgehead atoms. The smallest absolute Gasteiger partial charge is 0.360 e. The van der Waals surface area contributed by atoms with Gasteiger partial charge in [-0.3, -0.25) is 9.69 Å². The zero-order chi connectivity index (χ0) is 26.8. The monoisotopic (exact) mass is 519 g/mol. The quantitative estimate of drug-likeness (QED) is 0.499. The highest BCUT2D eigenvalue weighted by atomic mass is 16.4. The van der Waals surface area contributed by atoms with E-state index in [1.807, 2.05) is 24.3 Å². The Hall–Kier alpha value is -2.21. The second-order valence-corrected chi connectivity index (χ2v) is 13.9. The Kier molecular flexibility index (Phi) is 6.69. The molecular weight excluding hydrogens is 474 g/mol. The van der Waals surface area contributed by atoms with Crippen molar-refractivity contribution >= 4 is 17.0 Å². The van der Waals surface area contributed by atoms with Gasteiger partial charge in [-0.25, -0.2) is 9.78 Å². The summed E-state index contributed by atoms with van der Waals surface area (Å²) < 4.78 is 1.80. The van der Waals surface area contributed by atoms with Crippen molar-refractivity contribution < 1.29 is 9.90 Å². The van der Waals surface area contributed by atoms with Gasteiger partial charge in [0.2, 0.25) is 5.69 Å². The van der Waals surface area contributed by atoms with E-state index in [1.54, 1.807) is 4.57 Å². The van der Waals surface area contributed by atoms with Gasteiger partial charge in [0.15, 0.2) is 0 Å². The van der Waals surface area contributed by atoms with E-state index in [1.165, 1.54) is 51.4 Å². The molecule has 6 nitrogen and oxygen atoms in total. The van der Waals surface area contributed by atoms with Crippen LogP contribution in [0.15, 0.2) is 29.1 Å². The number of carboxylic acid groups (broad SMARTS) is 1. The Balaban J connectivity index is 1.36. The predicted molar refractivity (Wildman–Crippen MR) is 150 cm³/mol. The minimum absolute atomic E-state index is 0.00779. The highest BCUT2D eigenvalue weighted by Gasteiger charge is 2.48.